The molecule has 0 aliphatic carbocycles. The fourth-order valence-electron chi connectivity index (χ4n) is 2.47. The number of carbonyl (C=O) groups is 3. The third-order valence-corrected chi connectivity index (χ3v) is 5.05. The van der Waals surface area contributed by atoms with Crippen molar-refractivity contribution in [1.29, 1.82) is 0 Å². The average molecular weight is 511 g/mol. The molecule has 0 bridgehead atoms. The fraction of sp³-hybridized carbons (Fsp3) is 0.885. The summed E-state index contributed by atoms with van der Waals surface area (Å²) in [5, 5.41) is 51.3. The monoisotopic (exact) mass is 510 g/mol. The molecular weight excluding hydrogens is 456 g/mol. The van der Waals surface area contributed by atoms with Gasteiger partial charge >= 0.3 is 17.9 Å². The van der Waals surface area contributed by atoms with Gasteiger partial charge in [-0.15, -0.1) is 0 Å². The van der Waals surface area contributed by atoms with E-state index in [9.17, 15) is 14.4 Å². The molecular formula is C26H54O9. The van der Waals surface area contributed by atoms with Crippen LogP contribution >= 0.6 is 0 Å². The van der Waals surface area contributed by atoms with Gasteiger partial charge in [-0.25, -0.2) is 0 Å². The SMILES string of the molecule is CCCCC(=O)O.CCCCC(=O)O.CCCCC(=O)O.CCCCCCCC(CO)(CO)CO. The van der Waals surface area contributed by atoms with Gasteiger partial charge in [-0.2, -0.15) is 0 Å². The summed E-state index contributed by atoms with van der Waals surface area (Å²) >= 11 is 0. The van der Waals surface area contributed by atoms with Gasteiger partial charge in [-0.1, -0.05) is 79.1 Å². The molecule has 0 radical (unpaired) electrons. The van der Waals surface area contributed by atoms with Crippen LogP contribution in [0.5, 0.6) is 0 Å². The Morgan fingerprint density at radius 2 is 0.771 bits per heavy atom. The van der Waals surface area contributed by atoms with Gasteiger partial charge in [-0.3, -0.25) is 14.4 Å². The van der Waals surface area contributed by atoms with Crippen molar-refractivity contribution in [3.63, 3.8) is 0 Å². The molecule has 35 heavy (non-hydrogen) atoms. The summed E-state index contributed by atoms with van der Waals surface area (Å²) < 4.78 is 0. The third-order valence-electron chi connectivity index (χ3n) is 5.05. The maximum Gasteiger partial charge on any atom is 0.303 e. The van der Waals surface area contributed by atoms with Crippen LogP contribution in [0, 0.1) is 5.41 Å². The molecule has 0 spiro atoms. The van der Waals surface area contributed by atoms with Gasteiger partial charge in [0, 0.05) is 24.7 Å². The van der Waals surface area contributed by atoms with Crippen molar-refractivity contribution in [3.05, 3.63) is 0 Å². The summed E-state index contributed by atoms with van der Waals surface area (Å²) in [5.74, 6) is -2.08. The van der Waals surface area contributed by atoms with Crippen molar-refractivity contribution >= 4 is 17.9 Å². The smallest absolute Gasteiger partial charge is 0.303 e. The van der Waals surface area contributed by atoms with Gasteiger partial charge < -0.3 is 30.6 Å². The van der Waals surface area contributed by atoms with Crippen LogP contribution in [0.2, 0.25) is 0 Å². The minimum absolute atomic E-state index is 0.131. The van der Waals surface area contributed by atoms with E-state index in [1.54, 1.807) is 0 Å². The minimum Gasteiger partial charge on any atom is -0.481 e. The molecule has 0 atom stereocenters. The minimum atomic E-state index is -0.693. The highest BCUT2D eigenvalue weighted by atomic mass is 16.4. The van der Waals surface area contributed by atoms with E-state index in [1.807, 2.05) is 20.8 Å². The molecule has 0 saturated carbocycles. The quantitative estimate of drug-likeness (QED) is 0.137. The molecule has 6 N–H and O–H groups in total. The van der Waals surface area contributed by atoms with Crippen LogP contribution in [0.25, 0.3) is 0 Å². The number of aliphatic hydroxyl groups excluding tert-OH is 3. The predicted molar refractivity (Wildman–Crippen MR) is 139 cm³/mol. The number of carboxylic acids is 3. The lowest BCUT2D eigenvalue weighted by atomic mass is 9.85. The van der Waals surface area contributed by atoms with Crippen molar-refractivity contribution in [2.75, 3.05) is 19.8 Å². The molecule has 0 amide bonds. The van der Waals surface area contributed by atoms with Crippen molar-refractivity contribution < 1.29 is 45.0 Å². The van der Waals surface area contributed by atoms with Crippen LogP contribution in [0.3, 0.4) is 0 Å². The molecule has 0 aliphatic heterocycles. The standard InChI is InChI=1S/C11H24O3.3C5H10O2/c1-2-3-4-5-6-7-11(8-12,9-13)10-14;3*1-2-3-4-5(6)7/h12-14H,2-10H2,1H3;3*2-4H2,1H3,(H,6,7). The van der Waals surface area contributed by atoms with E-state index in [0.29, 0.717) is 25.7 Å². The highest BCUT2D eigenvalue weighted by Gasteiger charge is 2.26. The van der Waals surface area contributed by atoms with E-state index in [1.165, 1.54) is 19.3 Å². The number of hydrogen-bond acceptors (Lipinski definition) is 6. The topological polar surface area (TPSA) is 173 Å². The lowest BCUT2D eigenvalue weighted by Gasteiger charge is -2.27. The van der Waals surface area contributed by atoms with Crippen molar-refractivity contribution in [2.24, 2.45) is 5.41 Å². The van der Waals surface area contributed by atoms with Gasteiger partial charge in [-0.05, 0) is 25.7 Å². The third kappa shape index (κ3) is 39.8. The summed E-state index contributed by atoms with van der Waals surface area (Å²) in [7, 11) is 0. The molecule has 0 unspecified atom stereocenters. The number of unbranched alkanes of at least 4 members (excludes halogenated alkanes) is 7. The van der Waals surface area contributed by atoms with Crippen molar-refractivity contribution in [2.45, 2.75) is 124 Å². The van der Waals surface area contributed by atoms with Crippen LogP contribution in [-0.2, 0) is 14.4 Å². The maximum atomic E-state index is 9.76. The van der Waals surface area contributed by atoms with Gasteiger partial charge in [0.15, 0.2) is 0 Å². The first-order chi connectivity index (χ1) is 16.6. The molecule has 0 rings (SSSR count). The second-order valence-electron chi connectivity index (χ2n) is 8.63. The molecule has 9 nitrogen and oxygen atoms in total. The zero-order valence-corrected chi connectivity index (χ0v) is 22.6. The first-order valence-corrected chi connectivity index (χ1v) is 13.0. The Bertz CT molecular complexity index is 413. The Balaban J connectivity index is -0.000000196. The summed E-state index contributed by atoms with van der Waals surface area (Å²) in [4.78, 5) is 29.3. The normalized spacial score (nSPS) is 10.0. The number of aliphatic carboxylic acids is 3. The van der Waals surface area contributed by atoms with Gasteiger partial charge in [0.1, 0.15) is 0 Å². The molecule has 0 saturated heterocycles. The molecule has 0 aliphatic rings. The first kappa shape index (κ1) is 40.5. The van der Waals surface area contributed by atoms with Crippen LogP contribution in [0.4, 0.5) is 0 Å². The van der Waals surface area contributed by atoms with Gasteiger partial charge in [0.05, 0.1) is 19.8 Å². The highest BCUT2D eigenvalue weighted by molar-refractivity contribution is 5.67. The van der Waals surface area contributed by atoms with E-state index in [0.717, 1.165) is 51.4 Å². The Kier molecular flexibility index (Phi) is 37.3. The highest BCUT2D eigenvalue weighted by Crippen LogP contribution is 2.23. The molecule has 0 aromatic heterocycles. The lowest BCUT2D eigenvalue weighted by molar-refractivity contribution is -0.138. The van der Waals surface area contributed by atoms with E-state index in [4.69, 9.17) is 30.6 Å². The first-order valence-electron chi connectivity index (χ1n) is 13.0. The molecule has 0 aromatic carbocycles. The Labute approximate surface area is 212 Å². The summed E-state index contributed by atoms with van der Waals surface area (Å²) in [6.45, 7) is 7.70. The van der Waals surface area contributed by atoms with Crippen molar-refractivity contribution in [3.8, 4) is 0 Å². The van der Waals surface area contributed by atoms with Gasteiger partial charge in [0.2, 0.25) is 0 Å². The number of aliphatic hydroxyl groups is 3. The Morgan fingerprint density at radius 1 is 0.486 bits per heavy atom. The number of hydrogen-bond donors (Lipinski definition) is 6. The zero-order chi connectivity index (χ0) is 28.0. The molecule has 0 heterocycles. The van der Waals surface area contributed by atoms with Gasteiger partial charge in [0.25, 0.3) is 0 Å². The molecule has 9 heteroatoms. The van der Waals surface area contributed by atoms with E-state index < -0.39 is 23.3 Å². The van der Waals surface area contributed by atoms with E-state index in [2.05, 4.69) is 6.92 Å². The zero-order valence-electron chi connectivity index (χ0n) is 22.6. The van der Waals surface area contributed by atoms with Crippen LogP contribution in [0.15, 0.2) is 0 Å². The lowest BCUT2D eigenvalue weighted by Crippen LogP contribution is -2.33. The van der Waals surface area contributed by atoms with E-state index >= 15 is 0 Å². The van der Waals surface area contributed by atoms with Crippen LogP contribution in [-0.4, -0.2) is 68.4 Å². The summed E-state index contributed by atoms with van der Waals surface area (Å²) in [6.07, 6.45) is 12.7. The Morgan fingerprint density at radius 3 is 0.971 bits per heavy atom. The number of carboxylic acid groups (broad SMARTS) is 3. The maximum absolute atomic E-state index is 9.76. The second-order valence-corrected chi connectivity index (χ2v) is 8.63. The van der Waals surface area contributed by atoms with Crippen molar-refractivity contribution in [1.82, 2.24) is 0 Å². The van der Waals surface area contributed by atoms with Crippen LogP contribution < -0.4 is 0 Å². The van der Waals surface area contributed by atoms with E-state index in [-0.39, 0.29) is 19.8 Å². The second kappa shape index (κ2) is 32.3. The fourth-order valence-corrected chi connectivity index (χ4v) is 2.47. The average Bonchev–Trinajstić information content (AvgIpc) is 2.84. The Hall–Kier alpha value is -1.71. The largest absolute Gasteiger partial charge is 0.481 e. The van der Waals surface area contributed by atoms with Crippen LogP contribution in [0.1, 0.15) is 124 Å². The number of rotatable bonds is 18. The molecule has 0 aromatic rings. The summed E-state index contributed by atoms with van der Waals surface area (Å²) in [6, 6.07) is 0. The summed E-state index contributed by atoms with van der Waals surface area (Å²) in [5.41, 5.74) is -0.661. The predicted octanol–water partition coefficient (Wildman–Crippen LogP) is 5.09. The molecule has 212 valence electrons. The molecule has 0 fully saturated rings.